The molecule has 0 radical (unpaired) electrons. The fourth-order valence-corrected chi connectivity index (χ4v) is 2.25. The minimum absolute atomic E-state index is 0.157. The van der Waals surface area contributed by atoms with Crippen molar-refractivity contribution >= 4 is 28.4 Å². The summed E-state index contributed by atoms with van der Waals surface area (Å²) < 4.78 is 0. The lowest BCUT2D eigenvalue weighted by atomic mass is 10.0. The number of hydrogen-bond donors (Lipinski definition) is 3. The molecule has 3 N–H and O–H groups in total. The minimum Gasteiger partial charge on any atom is -0.595 e. The van der Waals surface area contributed by atoms with Crippen molar-refractivity contribution < 1.29 is 15.5 Å². The van der Waals surface area contributed by atoms with Gasteiger partial charge in [0.25, 0.3) is 0 Å². The molecule has 3 aromatic rings. The lowest BCUT2D eigenvalue weighted by molar-refractivity contribution is -0.991. The van der Waals surface area contributed by atoms with Gasteiger partial charge in [0.05, 0.1) is 5.69 Å². The van der Waals surface area contributed by atoms with Crippen molar-refractivity contribution in [3.05, 3.63) is 71.4 Å². The number of phenols is 1. The number of nitrogens with zero attached hydrogens (tertiary/aromatic N) is 1. The predicted molar refractivity (Wildman–Crippen MR) is 85.1 cm³/mol. The van der Waals surface area contributed by atoms with Gasteiger partial charge in [0.1, 0.15) is 5.75 Å². The molecule has 0 amide bonds. The van der Waals surface area contributed by atoms with E-state index >= 15 is 0 Å². The molecule has 3 rings (SSSR count). The molecule has 1 unspecified atom stereocenters. The average Bonchev–Trinajstić information content (AvgIpc) is 2.54. The summed E-state index contributed by atoms with van der Waals surface area (Å²) in [4.78, 5) is 4.31. The van der Waals surface area contributed by atoms with E-state index in [9.17, 15) is 10.3 Å². The summed E-state index contributed by atoms with van der Waals surface area (Å²) in [6, 6.07) is 17.5. The van der Waals surface area contributed by atoms with Crippen LogP contribution in [0.4, 0.5) is 11.4 Å². The number of rotatable bonds is 3. The second-order valence-corrected chi connectivity index (χ2v) is 4.83. The zero-order valence-corrected chi connectivity index (χ0v) is 11.6. The Labute approximate surface area is 126 Å². The van der Waals surface area contributed by atoms with Gasteiger partial charge < -0.3 is 10.3 Å². The van der Waals surface area contributed by atoms with E-state index in [4.69, 9.17) is 5.21 Å². The summed E-state index contributed by atoms with van der Waals surface area (Å²) in [5, 5.41) is 30.7. The second kappa shape index (κ2) is 5.95. The third kappa shape index (κ3) is 2.82. The van der Waals surface area contributed by atoms with Gasteiger partial charge in [-0.25, -0.2) is 5.21 Å². The highest BCUT2D eigenvalue weighted by Crippen LogP contribution is 2.26. The van der Waals surface area contributed by atoms with Crippen LogP contribution < -0.4 is 5.23 Å². The first-order valence-corrected chi connectivity index (χ1v) is 6.73. The Morgan fingerprint density at radius 3 is 2.41 bits per heavy atom. The zero-order chi connectivity index (χ0) is 15.5. The van der Waals surface area contributed by atoms with Crippen LogP contribution in [0.25, 0.3) is 10.8 Å². The lowest BCUT2D eigenvalue weighted by Crippen LogP contribution is -2.99. The molecule has 5 heteroatoms. The van der Waals surface area contributed by atoms with Crippen LogP contribution in [0.2, 0.25) is 0 Å². The summed E-state index contributed by atoms with van der Waals surface area (Å²) in [5.41, 5.74) is 1.48. The Kier molecular flexibility index (Phi) is 3.84. The summed E-state index contributed by atoms with van der Waals surface area (Å²) in [5.74, 6) is 0.157. The normalized spacial score (nSPS) is 12.8. The van der Waals surface area contributed by atoms with Gasteiger partial charge in [-0.3, -0.25) is 4.99 Å². The fourth-order valence-electron chi connectivity index (χ4n) is 2.25. The van der Waals surface area contributed by atoms with E-state index in [-0.39, 0.29) is 11.4 Å². The van der Waals surface area contributed by atoms with E-state index in [1.807, 2.05) is 30.3 Å². The molecule has 1 atom stereocenters. The number of benzene rings is 3. The third-order valence-electron chi connectivity index (χ3n) is 3.40. The second-order valence-electron chi connectivity index (χ2n) is 4.83. The number of nitrogens with one attached hydrogen (secondary N) is 1. The zero-order valence-electron chi connectivity index (χ0n) is 11.6. The van der Waals surface area contributed by atoms with Crippen molar-refractivity contribution in [2.24, 2.45) is 4.99 Å². The minimum atomic E-state index is -0.970. The van der Waals surface area contributed by atoms with Crippen molar-refractivity contribution in [2.75, 3.05) is 0 Å². The predicted octanol–water partition coefficient (Wildman–Crippen LogP) is 2.70. The van der Waals surface area contributed by atoms with Crippen LogP contribution in [0.1, 0.15) is 5.56 Å². The van der Waals surface area contributed by atoms with Gasteiger partial charge in [0, 0.05) is 23.9 Å². The standard InChI is InChI=1S/C17H14N2O3/c20-17-10-5-12-3-1-2-4-15(12)16(17)11-18-13-6-8-14(9-7-13)19(21)22/h1-11,19-21H. The van der Waals surface area contributed by atoms with E-state index in [1.54, 1.807) is 24.4 Å². The summed E-state index contributed by atoms with van der Waals surface area (Å²) in [6.07, 6.45) is 1.59. The molecular formula is C17H14N2O3. The highest BCUT2D eigenvalue weighted by molar-refractivity contribution is 6.02. The van der Waals surface area contributed by atoms with Crippen LogP contribution >= 0.6 is 0 Å². The van der Waals surface area contributed by atoms with Crippen LogP contribution in [0.5, 0.6) is 5.75 Å². The molecule has 110 valence electrons. The van der Waals surface area contributed by atoms with E-state index < -0.39 is 5.23 Å². The van der Waals surface area contributed by atoms with Gasteiger partial charge >= 0.3 is 0 Å². The van der Waals surface area contributed by atoms with Gasteiger partial charge in [-0.05, 0) is 29.0 Å². The topological polar surface area (TPSA) is 80.3 Å². The third-order valence-corrected chi connectivity index (χ3v) is 3.40. The van der Waals surface area contributed by atoms with E-state index in [1.165, 1.54) is 12.1 Å². The molecule has 5 nitrogen and oxygen atoms in total. The molecule has 3 aromatic carbocycles. The van der Waals surface area contributed by atoms with Crippen molar-refractivity contribution in [3.63, 3.8) is 0 Å². The molecule has 22 heavy (non-hydrogen) atoms. The molecule has 0 saturated heterocycles. The molecule has 0 aromatic heterocycles. The van der Waals surface area contributed by atoms with Crippen molar-refractivity contribution in [1.29, 1.82) is 0 Å². The summed E-state index contributed by atoms with van der Waals surface area (Å²) in [7, 11) is 0. The van der Waals surface area contributed by atoms with Crippen LogP contribution in [0.3, 0.4) is 0 Å². The Bertz CT molecular complexity index is 827. The van der Waals surface area contributed by atoms with Crippen LogP contribution in [-0.4, -0.2) is 16.5 Å². The maximum absolute atomic E-state index is 10.8. The number of aromatic hydroxyl groups is 1. The Morgan fingerprint density at radius 1 is 0.955 bits per heavy atom. The first-order valence-electron chi connectivity index (χ1n) is 6.73. The largest absolute Gasteiger partial charge is 0.595 e. The quantitative estimate of drug-likeness (QED) is 0.513. The SMILES string of the molecule is [O-][NH+](O)c1ccc(N=Cc2c(O)ccc3ccccc23)cc1. The number of hydrogen-bond acceptors (Lipinski definition) is 4. The first-order chi connectivity index (χ1) is 10.6. The van der Waals surface area contributed by atoms with E-state index in [2.05, 4.69) is 4.99 Å². The molecule has 0 heterocycles. The van der Waals surface area contributed by atoms with Crippen LogP contribution in [0, 0.1) is 5.21 Å². The van der Waals surface area contributed by atoms with Crippen molar-refractivity contribution in [1.82, 2.24) is 0 Å². The van der Waals surface area contributed by atoms with E-state index in [0.29, 0.717) is 11.3 Å². The molecule has 0 saturated carbocycles. The number of quaternary nitrogens is 1. The monoisotopic (exact) mass is 294 g/mol. The van der Waals surface area contributed by atoms with Gasteiger partial charge in [-0.2, -0.15) is 5.23 Å². The summed E-state index contributed by atoms with van der Waals surface area (Å²) >= 11 is 0. The molecule has 0 aliphatic rings. The maximum Gasteiger partial charge on any atom is 0.163 e. The van der Waals surface area contributed by atoms with Gasteiger partial charge in [0.15, 0.2) is 5.69 Å². The Morgan fingerprint density at radius 2 is 1.68 bits per heavy atom. The first kappa shape index (κ1) is 14.2. The van der Waals surface area contributed by atoms with Crippen molar-refractivity contribution in [3.8, 4) is 5.75 Å². The van der Waals surface area contributed by atoms with Gasteiger partial charge in [-0.15, -0.1) is 0 Å². The lowest BCUT2D eigenvalue weighted by Gasteiger charge is -2.10. The average molecular weight is 294 g/mol. The smallest absolute Gasteiger partial charge is 0.163 e. The molecule has 0 aliphatic heterocycles. The summed E-state index contributed by atoms with van der Waals surface area (Å²) in [6.45, 7) is 0. The fraction of sp³-hybridized carbons (Fsp3) is 0. The van der Waals surface area contributed by atoms with Gasteiger partial charge in [-0.1, -0.05) is 30.3 Å². The van der Waals surface area contributed by atoms with E-state index in [0.717, 1.165) is 10.8 Å². The molecular weight excluding hydrogens is 280 g/mol. The van der Waals surface area contributed by atoms with Gasteiger partial charge in [0.2, 0.25) is 0 Å². The molecule has 0 fully saturated rings. The molecule has 0 bridgehead atoms. The highest BCUT2D eigenvalue weighted by atomic mass is 16.8. The highest BCUT2D eigenvalue weighted by Gasteiger charge is 2.04. The Balaban J connectivity index is 1.97. The number of phenolic OH excluding ortho intramolecular Hbond substituents is 1. The van der Waals surface area contributed by atoms with Crippen molar-refractivity contribution in [2.45, 2.75) is 0 Å². The maximum atomic E-state index is 10.8. The van der Waals surface area contributed by atoms with Crippen LogP contribution in [0.15, 0.2) is 65.7 Å². The number of aliphatic imine (C=N–C) groups is 1. The number of fused-ring (bicyclic) bond motifs is 1. The van der Waals surface area contributed by atoms with Crippen LogP contribution in [-0.2, 0) is 0 Å². The molecule has 0 aliphatic carbocycles. The molecule has 0 spiro atoms. The Hall–Kier alpha value is -2.73.